The summed E-state index contributed by atoms with van der Waals surface area (Å²) in [6, 6.07) is 24.5. The number of anilines is 1. The molecule has 0 spiro atoms. The van der Waals surface area contributed by atoms with Gasteiger partial charge in [0.15, 0.2) is 0 Å². The van der Waals surface area contributed by atoms with Gasteiger partial charge in [-0.3, -0.25) is 19.3 Å². The van der Waals surface area contributed by atoms with Crippen LogP contribution in [0.15, 0.2) is 83.2 Å². The molecule has 1 aromatic heterocycles. The van der Waals surface area contributed by atoms with Crippen LogP contribution in [0.25, 0.3) is 17.0 Å². The highest BCUT2D eigenvalue weighted by molar-refractivity contribution is 6.06. The van der Waals surface area contributed by atoms with Crippen LogP contribution >= 0.6 is 0 Å². The van der Waals surface area contributed by atoms with E-state index < -0.39 is 23.4 Å². The molecule has 6 aliphatic rings. The third kappa shape index (κ3) is 5.04. The number of rotatable bonds is 9. The topological polar surface area (TPSA) is 130 Å². The molecule has 3 aromatic carbocycles. The summed E-state index contributed by atoms with van der Waals surface area (Å²) in [5, 5.41) is 18.6. The van der Waals surface area contributed by atoms with Gasteiger partial charge in [-0.15, -0.1) is 0 Å². The maximum absolute atomic E-state index is 14.0. The minimum absolute atomic E-state index is 0.0532. The number of para-hydroxylation sites is 1. The normalized spacial score (nSPS) is 26.7. The van der Waals surface area contributed by atoms with Gasteiger partial charge in [0.2, 0.25) is 5.91 Å². The van der Waals surface area contributed by atoms with Crippen molar-refractivity contribution in [3.63, 3.8) is 0 Å². The van der Waals surface area contributed by atoms with Crippen LogP contribution in [0.3, 0.4) is 0 Å². The fourth-order valence-electron chi connectivity index (χ4n) is 10.1. The average molecular weight is 670 g/mol. The van der Waals surface area contributed by atoms with Crippen molar-refractivity contribution in [1.82, 2.24) is 14.8 Å². The second-order valence-electron chi connectivity index (χ2n) is 15.3. The lowest BCUT2D eigenvalue weighted by atomic mass is 9.53. The van der Waals surface area contributed by atoms with Crippen LogP contribution in [0.4, 0.5) is 5.69 Å². The minimum Gasteiger partial charge on any atom is -0.506 e. The van der Waals surface area contributed by atoms with Gasteiger partial charge >= 0.3 is 0 Å². The molecule has 50 heavy (non-hydrogen) atoms. The summed E-state index contributed by atoms with van der Waals surface area (Å²) in [7, 11) is 0. The molecule has 3 saturated carbocycles. The summed E-state index contributed by atoms with van der Waals surface area (Å²) in [6.07, 6.45) is 10.3. The number of nitrogens with one attached hydrogen (secondary N) is 2. The van der Waals surface area contributed by atoms with Gasteiger partial charge in [-0.25, -0.2) is 0 Å². The molecule has 4 bridgehead atoms. The summed E-state index contributed by atoms with van der Waals surface area (Å²) in [5.41, 5.74) is 10.0. The molecule has 9 nitrogen and oxygen atoms in total. The van der Waals surface area contributed by atoms with Crippen LogP contribution in [-0.4, -0.2) is 51.6 Å². The summed E-state index contributed by atoms with van der Waals surface area (Å²) < 4.78 is 1.65. The second-order valence-corrected chi connectivity index (χ2v) is 15.3. The zero-order chi connectivity index (χ0) is 34.1. The Balaban J connectivity index is 0.971. The summed E-state index contributed by atoms with van der Waals surface area (Å²) in [4.78, 5) is 43.2. The Kier molecular flexibility index (Phi) is 7.39. The molecule has 4 heterocycles. The first-order valence-corrected chi connectivity index (χ1v) is 18.2. The number of aromatic nitrogens is 1. The molecule has 2 amide bonds. The number of piperidine rings is 2. The maximum atomic E-state index is 14.0. The van der Waals surface area contributed by atoms with Gasteiger partial charge < -0.3 is 26.0 Å². The Morgan fingerprint density at radius 1 is 0.920 bits per heavy atom. The number of aromatic hydroxyl groups is 1. The summed E-state index contributed by atoms with van der Waals surface area (Å²) in [6.45, 7) is 1.30. The maximum Gasteiger partial charge on any atom is 0.267 e. The fourth-order valence-corrected chi connectivity index (χ4v) is 10.1. The number of amides is 2. The Morgan fingerprint density at radius 2 is 1.66 bits per heavy atom. The van der Waals surface area contributed by atoms with Crippen molar-refractivity contribution in [2.75, 3.05) is 18.4 Å². The summed E-state index contributed by atoms with van der Waals surface area (Å²) in [5.74, 6) is -0.747. The van der Waals surface area contributed by atoms with E-state index in [2.05, 4.69) is 45.9 Å². The number of carbonyl (C=O) groups is 2. The van der Waals surface area contributed by atoms with Gasteiger partial charge in [0.05, 0.1) is 11.6 Å². The minimum atomic E-state index is -0.686. The first kappa shape index (κ1) is 31.1. The largest absolute Gasteiger partial charge is 0.506 e. The smallest absolute Gasteiger partial charge is 0.267 e. The van der Waals surface area contributed by atoms with Crippen molar-refractivity contribution < 1.29 is 14.7 Å². The highest BCUT2D eigenvalue weighted by atomic mass is 16.3. The van der Waals surface area contributed by atoms with Crippen molar-refractivity contribution in [3.8, 4) is 5.75 Å². The van der Waals surface area contributed by atoms with Crippen molar-refractivity contribution in [3.05, 3.63) is 111 Å². The predicted octanol–water partition coefficient (Wildman–Crippen LogP) is 5.78. The zero-order valence-electron chi connectivity index (χ0n) is 28.1. The lowest BCUT2D eigenvalue weighted by molar-refractivity contribution is -0.114. The Morgan fingerprint density at radius 3 is 2.40 bits per heavy atom. The molecule has 4 aromatic rings. The SMILES string of the molecule is NC(=O)C1=Cc2ccccc2NC1c1cccc2c1c(O)c(C(=O)NCCCN1C3CC4CC1CC(c1ccccc1)(C4)C3)c(=O)n2C1CC1. The standard InChI is InChI=1S/C41H43N5O4/c42-38(48)31-20-25-8-4-5-12-32(25)44-36(31)30-11-6-13-33-34(30)37(47)35(40(50)46(33)27-14-15-27)39(49)43-16-7-17-45-28-18-24-19-29(45)23-41(21-24,22-28)26-9-2-1-3-10-26/h1-6,8-13,20,24,27-29,36,44,47H,7,14-19,21-23H2,(H2,42,48)(H,43,49). The van der Waals surface area contributed by atoms with Crippen LogP contribution in [0.1, 0.15) is 90.5 Å². The number of benzene rings is 3. The van der Waals surface area contributed by atoms with Crippen molar-refractivity contribution in [2.45, 2.75) is 80.9 Å². The summed E-state index contributed by atoms with van der Waals surface area (Å²) >= 11 is 0. The first-order chi connectivity index (χ1) is 24.3. The number of nitrogens with two attached hydrogens (primary N) is 1. The third-order valence-corrected chi connectivity index (χ3v) is 12.2. The molecule has 5 N–H and O–H groups in total. The van der Waals surface area contributed by atoms with Crippen LogP contribution in [0, 0.1) is 5.92 Å². The molecular weight excluding hydrogens is 626 g/mol. The van der Waals surface area contributed by atoms with E-state index >= 15 is 0 Å². The van der Waals surface area contributed by atoms with Gasteiger partial charge in [-0.1, -0.05) is 60.7 Å². The van der Waals surface area contributed by atoms with E-state index in [-0.39, 0.29) is 17.4 Å². The molecule has 3 aliphatic heterocycles. The molecule has 3 unspecified atom stereocenters. The number of primary amides is 1. The Bertz CT molecular complexity index is 2100. The van der Waals surface area contributed by atoms with Gasteiger partial charge in [-0.05, 0) is 97.6 Å². The van der Waals surface area contributed by atoms with Crippen molar-refractivity contribution in [2.24, 2.45) is 11.7 Å². The van der Waals surface area contributed by atoms with E-state index in [1.165, 1.54) is 37.7 Å². The quantitative estimate of drug-likeness (QED) is 0.167. The van der Waals surface area contributed by atoms with Crippen molar-refractivity contribution in [1.29, 1.82) is 0 Å². The highest BCUT2D eigenvalue weighted by Crippen LogP contribution is 2.57. The molecular formula is C41H43N5O4. The van der Waals surface area contributed by atoms with Crippen molar-refractivity contribution >= 4 is 34.5 Å². The lowest BCUT2D eigenvalue weighted by Crippen LogP contribution is -2.63. The molecule has 9 heteroatoms. The Labute approximate surface area is 291 Å². The average Bonchev–Trinajstić information content (AvgIpc) is 3.96. The number of nitrogens with zero attached hydrogens (tertiary/aromatic N) is 2. The van der Waals surface area contributed by atoms with Gasteiger partial charge in [0, 0.05) is 47.9 Å². The highest BCUT2D eigenvalue weighted by Gasteiger charge is 2.54. The van der Waals surface area contributed by atoms with E-state index in [4.69, 9.17) is 5.73 Å². The molecule has 3 atom stereocenters. The lowest BCUT2D eigenvalue weighted by Gasteiger charge is -2.62. The van der Waals surface area contributed by atoms with Crippen LogP contribution in [0.5, 0.6) is 5.75 Å². The van der Waals surface area contributed by atoms with E-state index in [1.807, 2.05) is 36.4 Å². The van der Waals surface area contributed by atoms with Crippen LogP contribution in [-0.2, 0) is 10.2 Å². The van der Waals surface area contributed by atoms with E-state index in [9.17, 15) is 19.5 Å². The van der Waals surface area contributed by atoms with Gasteiger partial charge in [0.25, 0.3) is 11.5 Å². The molecule has 256 valence electrons. The number of hydrogen-bond acceptors (Lipinski definition) is 6. The molecule has 2 saturated heterocycles. The van der Waals surface area contributed by atoms with E-state index in [0.29, 0.717) is 46.1 Å². The second kappa shape index (κ2) is 11.9. The zero-order valence-corrected chi connectivity index (χ0v) is 28.1. The van der Waals surface area contributed by atoms with Gasteiger partial charge in [-0.2, -0.15) is 0 Å². The Hall–Kier alpha value is -4.89. The molecule has 0 radical (unpaired) electrons. The first-order valence-electron chi connectivity index (χ1n) is 18.2. The number of hydrogen-bond donors (Lipinski definition) is 4. The van der Waals surface area contributed by atoms with E-state index in [0.717, 1.165) is 43.0 Å². The monoisotopic (exact) mass is 669 g/mol. The fraction of sp³-hybridized carbons (Fsp3) is 0.390. The predicted molar refractivity (Wildman–Crippen MR) is 194 cm³/mol. The molecule has 3 aliphatic carbocycles. The van der Waals surface area contributed by atoms with E-state index in [1.54, 1.807) is 16.7 Å². The van der Waals surface area contributed by atoms with Crippen LogP contribution in [0.2, 0.25) is 0 Å². The third-order valence-electron chi connectivity index (χ3n) is 12.2. The number of pyridine rings is 1. The van der Waals surface area contributed by atoms with Gasteiger partial charge in [0.1, 0.15) is 11.3 Å². The molecule has 5 fully saturated rings. The number of fused-ring (bicyclic) bond motifs is 2. The molecule has 10 rings (SSSR count). The number of carbonyl (C=O) groups excluding carboxylic acids is 2. The van der Waals surface area contributed by atoms with Crippen LogP contribution < -0.4 is 21.9 Å².